The van der Waals surface area contributed by atoms with E-state index in [1.807, 2.05) is 12.1 Å². The molecule has 0 bridgehead atoms. The Bertz CT molecular complexity index is 590. The number of anilines is 2. The molecule has 0 aliphatic rings. The van der Waals surface area contributed by atoms with E-state index < -0.39 is 0 Å². The average Bonchev–Trinajstić information content (AvgIpc) is 2.52. The fourth-order valence-electron chi connectivity index (χ4n) is 3.12. The Morgan fingerprint density at radius 2 is 1.41 bits per heavy atom. The van der Waals surface area contributed by atoms with E-state index in [-0.39, 0.29) is 0 Å². The Morgan fingerprint density at radius 3 is 2.14 bits per heavy atom. The SMILES string of the molecule is CCCCCCCCCCc1ccc2c(N)cccc2c1N. The van der Waals surface area contributed by atoms with E-state index in [1.54, 1.807) is 0 Å². The van der Waals surface area contributed by atoms with Crippen molar-refractivity contribution in [2.24, 2.45) is 0 Å². The number of benzene rings is 2. The van der Waals surface area contributed by atoms with Crippen molar-refractivity contribution in [3.8, 4) is 0 Å². The number of nitrogens with two attached hydrogens (primary N) is 2. The third kappa shape index (κ3) is 4.40. The van der Waals surface area contributed by atoms with Crippen LogP contribution in [-0.2, 0) is 6.42 Å². The van der Waals surface area contributed by atoms with Crippen molar-refractivity contribution in [1.29, 1.82) is 0 Å². The van der Waals surface area contributed by atoms with E-state index in [9.17, 15) is 0 Å². The number of fused-ring (bicyclic) bond motifs is 1. The molecular weight excluding hydrogens is 268 g/mol. The molecule has 0 saturated heterocycles. The molecule has 0 radical (unpaired) electrons. The highest BCUT2D eigenvalue weighted by atomic mass is 14.6. The lowest BCUT2D eigenvalue weighted by atomic mass is 9.98. The zero-order valence-corrected chi connectivity index (χ0v) is 13.9. The van der Waals surface area contributed by atoms with E-state index in [2.05, 4.69) is 25.1 Å². The fourth-order valence-corrected chi connectivity index (χ4v) is 3.12. The van der Waals surface area contributed by atoms with Crippen LogP contribution in [0.4, 0.5) is 11.4 Å². The van der Waals surface area contributed by atoms with Gasteiger partial charge in [-0.15, -0.1) is 0 Å². The summed E-state index contributed by atoms with van der Waals surface area (Å²) in [5, 5.41) is 2.16. The van der Waals surface area contributed by atoms with Crippen LogP contribution in [0.25, 0.3) is 10.8 Å². The molecule has 0 fully saturated rings. The molecule has 22 heavy (non-hydrogen) atoms. The second-order valence-corrected chi connectivity index (χ2v) is 6.31. The fraction of sp³-hybridized carbons (Fsp3) is 0.500. The standard InChI is InChI=1S/C20H30N2/c1-2-3-4-5-6-7-8-9-11-16-14-15-17-18(20(16)22)12-10-13-19(17)21/h10,12-15H,2-9,11,21-22H2,1H3. The summed E-state index contributed by atoms with van der Waals surface area (Å²) in [6.45, 7) is 2.27. The minimum Gasteiger partial charge on any atom is -0.398 e. The zero-order valence-electron chi connectivity index (χ0n) is 13.9. The lowest BCUT2D eigenvalue weighted by molar-refractivity contribution is 0.576. The van der Waals surface area contributed by atoms with Crippen molar-refractivity contribution >= 4 is 22.1 Å². The van der Waals surface area contributed by atoms with Crippen LogP contribution in [-0.4, -0.2) is 0 Å². The summed E-state index contributed by atoms with van der Waals surface area (Å²) < 4.78 is 0. The van der Waals surface area contributed by atoms with Crippen LogP contribution < -0.4 is 11.5 Å². The zero-order chi connectivity index (χ0) is 15.8. The molecule has 0 unspecified atom stereocenters. The van der Waals surface area contributed by atoms with Gasteiger partial charge in [-0.2, -0.15) is 0 Å². The van der Waals surface area contributed by atoms with Gasteiger partial charge in [-0.05, 0) is 24.5 Å². The van der Waals surface area contributed by atoms with Crippen LogP contribution in [0, 0.1) is 0 Å². The van der Waals surface area contributed by atoms with Crippen LogP contribution in [0.1, 0.15) is 63.9 Å². The van der Waals surface area contributed by atoms with Gasteiger partial charge in [-0.1, -0.05) is 76.1 Å². The third-order valence-corrected chi connectivity index (χ3v) is 4.53. The van der Waals surface area contributed by atoms with Crippen LogP contribution in [0.15, 0.2) is 30.3 Å². The van der Waals surface area contributed by atoms with Gasteiger partial charge in [0, 0.05) is 22.1 Å². The van der Waals surface area contributed by atoms with E-state index in [0.717, 1.165) is 28.6 Å². The minimum absolute atomic E-state index is 0.808. The topological polar surface area (TPSA) is 52.0 Å². The van der Waals surface area contributed by atoms with Gasteiger partial charge in [0.2, 0.25) is 0 Å². The van der Waals surface area contributed by atoms with Gasteiger partial charge in [-0.3, -0.25) is 0 Å². The summed E-state index contributed by atoms with van der Waals surface area (Å²) in [6.07, 6.45) is 11.8. The van der Waals surface area contributed by atoms with Gasteiger partial charge in [0.05, 0.1) is 0 Å². The highest BCUT2D eigenvalue weighted by molar-refractivity contribution is 6.01. The van der Waals surface area contributed by atoms with Crippen molar-refractivity contribution in [1.82, 2.24) is 0 Å². The molecular formula is C20H30N2. The summed E-state index contributed by atoms with van der Waals surface area (Å²) in [4.78, 5) is 0. The molecule has 0 heterocycles. The normalized spacial score (nSPS) is 11.1. The number of hydrogen-bond donors (Lipinski definition) is 2. The lowest BCUT2D eigenvalue weighted by Gasteiger charge is -2.10. The largest absolute Gasteiger partial charge is 0.398 e. The molecule has 2 rings (SSSR count). The molecule has 4 N–H and O–H groups in total. The van der Waals surface area contributed by atoms with Gasteiger partial charge < -0.3 is 11.5 Å². The van der Waals surface area contributed by atoms with Crippen molar-refractivity contribution in [3.63, 3.8) is 0 Å². The Kier molecular flexibility index (Phi) is 6.57. The molecule has 2 aromatic rings. The summed E-state index contributed by atoms with van der Waals surface area (Å²) in [5.41, 5.74) is 15.3. The van der Waals surface area contributed by atoms with E-state index in [1.165, 1.54) is 56.9 Å². The van der Waals surface area contributed by atoms with Gasteiger partial charge in [0.15, 0.2) is 0 Å². The number of unbranched alkanes of at least 4 members (excludes halogenated alkanes) is 7. The Labute approximate surface area is 134 Å². The maximum absolute atomic E-state index is 6.33. The lowest BCUT2D eigenvalue weighted by Crippen LogP contribution is -1.97. The first-order chi connectivity index (χ1) is 10.7. The molecule has 2 aromatic carbocycles. The highest BCUT2D eigenvalue weighted by Gasteiger charge is 2.06. The monoisotopic (exact) mass is 298 g/mol. The quantitative estimate of drug-likeness (QED) is 0.461. The summed E-state index contributed by atoms with van der Waals surface area (Å²) in [6, 6.07) is 10.2. The Morgan fingerprint density at radius 1 is 0.727 bits per heavy atom. The van der Waals surface area contributed by atoms with Crippen LogP contribution in [0.3, 0.4) is 0 Å². The number of rotatable bonds is 9. The smallest absolute Gasteiger partial charge is 0.0427 e. The van der Waals surface area contributed by atoms with E-state index >= 15 is 0 Å². The van der Waals surface area contributed by atoms with Gasteiger partial charge in [0.25, 0.3) is 0 Å². The minimum atomic E-state index is 0.808. The maximum Gasteiger partial charge on any atom is 0.0427 e. The highest BCUT2D eigenvalue weighted by Crippen LogP contribution is 2.29. The first kappa shape index (κ1) is 16.7. The first-order valence-electron chi connectivity index (χ1n) is 8.79. The van der Waals surface area contributed by atoms with Crippen molar-refractivity contribution < 1.29 is 0 Å². The molecule has 0 aromatic heterocycles. The number of aryl methyl sites for hydroxylation is 1. The summed E-state index contributed by atoms with van der Waals surface area (Å²) in [5.74, 6) is 0. The second-order valence-electron chi connectivity index (χ2n) is 6.31. The van der Waals surface area contributed by atoms with E-state index in [4.69, 9.17) is 11.5 Å². The third-order valence-electron chi connectivity index (χ3n) is 4.53. The molecule has 0 aliphatic heterocycles. The van der Waals surface area contributed by atoms with Crippen LogP contribution >= 0.6 is 0 Å². The summed E-state index contributed by atoms with van der Waals surface area (Å²) in [7, 11) is 0. The molecule has 120 valence electrons. The maximum atomic E-state index is 6.33. The molecule has 0 atom stereocenters. The summed E-state index contributed by atoms with van der Waals surface area (Å²) >= 11 is 0. The Hall–Kier alpha value is -1.70. The predicted octanol–water partition coefficient (Wildman–Crippen LogP) is 5.69. The van der Waals surface area contributed by atoms with Crippen molar-refractivity contribution in [3.05, 3.63) is 35.9 Å². The van der Waals surface area contributed by atoms with Crippen molar-refractivity contribution in [2.75, 3.05) is 11.5 Å². The van der Waals surface area contributed by atoms with Gasteiger partial charge in [0.1, 0.15) is 0 Å². The molecule has 2 heteroatoms. The molecule has 0 saturated carbocycles. The van der Waals surface area contributed by atoms with Gasteiger partial charge >= 0.3 is 0 Å². The van der Waals surface area contributed by atoms with Crippen LogP contribution in [0.2, 0.25) is 0 Å². The first-order valence-corrected chi connectivity index (χ1v) is 8.79. The Balaban J connectivity index is 1.81. The number of nitrogen functional groups attached to an aromatic ring is 2. The van der Waals surface area contributed by atoms with Crippen molar-refractivity contribution in [2.45, 2.75) is 64.7 Å². The molecule has 0 spiro atoms. The van der Waals surface area contributed by atoms with E-state index in [0.29, 0.717) is 0 Å². The predicted molar refractivity (Wildman–Crippen MR) is 99.1 cm³/mol. The molecule has 2 nitrogen and oxygen atoms in total. The second kappa shape index (κ2) is 8.67. The number of hydrogen-bond acceptors (Lipinski definition) is 2. The van der Waals surface area contributed by atoms with Gasteiger partial charge in [-0.25, -0.2) is 0 Å². The average molecular weight is 298 g/mol. The molecule has 0 amide bonds. The molecule has 0 aliphatic carbocycles. The van der Waals surface area contributed by atoms with Crippen LogP contribution in [0.5, 0.6) is 0 Å².